The Morgan fingerprint density at radius 1 is 1.06 bits per heavy atom. The third-order valence-corrected chi connectivity index (χ3v) is 6.24. The van der Waals surface area contributed by atoms with Gasteiger partial charge in [0.2, 0.25) is 5.88 Å². The second-order valence-electron chi connectivity index (χ2n) is 9.14. The van der Waals surface area contributed by atoms with Crippen LogP contribution in [0.4, 0.5) is 21.4 Å². The van der Waals surface area contributed by atoms with Gasteiger partial charge in [0.05, 0.1) is 37.7 Å². The summed E-state index contributed by atoms with van der Waals surface area (Å²) in [6.45, 7) is 6.97. The topological polar surface area (TPSA) is 131 Å². The fraction of sp³-hybridized carbons (Fsp3) is 0.375. The molecule has 0 aliphatic carbocycles. The lowest BCUT2D eigenvalue weighted by atomic mass is 10.1. The van der Waals surface area contributed by atoms with Gasteiger partial charge < -0.3 is 25.0 Å². The zero-order chi connectivity index (χ0) is 25.9. The first-order valence-corrected chi connectivity index (χ1v) is 12.2. The van der Waals surface area contributed by atoms with Gasteiger partial charge in [-0.1, -0.05) is 23.5 Å². The van der Waals surface area contributed by atoms with Crippen molar-refractivity contribution >= 4 is 39.9 Å². The molecule has 0 unspecified atom stereocenters. The maximum Gasteiger partial charge on any atom is 0.325 e. The highest BCUT2D eigenvalue weighted by Crippen LogP contribution is 2.31. The summed E-state index contributed by atoms with van der Waals surface area (Å²) < 4.78 is 10.4. The lowest BCUT2D eigenvalue weighted by Crippen LogP contribution is -2.41. The van der Waals surface area contributed by atoms with Crippen LogP contribution in [-0.4, -0.2) is 53.2 Å². The average molecular weight is 512 g/mol. The number of methoxy groups -OCH3 is 2. The molecule has 190 valence electrons. The van der Waals surface area contributed by atoms with Crippen LogP contribution in [-0.2, 0) is 13.0 Å². The van der Waals surface area contributed by atoms with E-state index in [4.69, 9.17) is 9.47 Å². The molecule has 1 aliphatic rings. The molecule has 1 aromatic carbocycles. The number of fused-ring (bicyclic) bond motifs is 1. The minimum Gasteiger partial charge on any atom is -0.481 e. The number of hydrogen-bond donors (Lipinski definition) is 3. The van der Waals surface area contributed by atoms with E-state index in [-0.39, 0.29) is 11.9 Å². The molecular formula is C24H29N7O4S. The van der Waals surface area contributed by atoms with Crippen LogP contribution in [0.25, 0.3) is 0 Å². The Labute approximate surface area is 213 Å². The SMILES string of the molecule is COc1cc(N2CCc3nc(NC(=O)Nc4ccccc4C(=O)NC(C)(C)C)sc3C2)nc(OC)n1. The fourth-order valence-corrected chi connectivity index (χ4v) is 4.66. The standard InChI is InChI=1S/C24H29N7O4S/c1-24(2,3)30-20(32)14-8-6-7-9-15(14)25-21(33)29-23-26-16-10-11-31(13-17(16)36-23)18-12-19(34-4)28-22(27-18)35-5/h6-9,12H,10-11,13H2,1-5H3,(H,30,32)(H2,25,26,29,33). The molecule has 0 saturated carbocycles. The van der Waals surface area contributed by atoms with Crippen molar-refractivity contribution in [3.8, 4) is 11.9 Å². The van der Waals surface area contributed by atoms with Crippen LogP contribution in [0.2, 0.25) is 0 Å². The number of aromatic nitrogens is 3. The minimum atomic E-state index is -0.473. The maximum atomic E-state index is 12.7. The number of ether oxygens (including phenoxy) is 2. The van der Waals surface area contributed by atoms with Crippen molar-refractivity contribution in [2.24, 2.45) is 0 Å². The van der Waals surface area contributed by atoms with Crippen LogP contribution in [0.15, 0.2) is 30.3 Å². The van der Waals surface area contributed by atoms with Crippen LogP contribution >= 0.6 is 11.3 Å². The van der Waals surface area contributed by atoms with Gasteiger partial charge in [0.15, 0.2) is 5.13 Å². The molecule has 3 heterocycles. The molecule has 0 saturated heterocycles. The Kier molecular flexibility index (Phi) is 7.25. The molecule has 1 aliphatic heterocycles. The van der Waals surface area contributed by atoms with Gasteiger partial charge in [0.1, 0.15) is 5.82 Å². The number of para-hydroxylation sites is 1. The van der Waals surface area contributed by atoms with Gasteiger partial charge in [-0.25, -0.2) is 9.78 Å². The molecule has 4 rings (SSSR count). The number of rotatable bonds is 6. The smallest absolute Gasteiger partial charge is 0.325 e. The zero-order valence-electron chi connectivity index (χ0n) is 20.8. The van der Waals surface area contributed by atoms with Crippen molar-refractivity contribution in [2.45, 2.75) is 39.3 Å². The summed E-state index contributed by atoms with van der Waals surface area (Å²) in [6.07, 6.45) is 0.694. The Balaban J connectivity index is 1.44. The van der Waals surface area contributed by atoms with E-state index < -0.39 is 11.6 Å². The summed E-state index contributed by atoms with van der Waals surface area (Å²) in [5, 5.41) is 8.96. The van der Waals surface area contributed by atoms with E-state index in [9.17, 15) is 9.59 Å². The van der Waals surface area contributed by atoms with Crippen LogP contribution < -0.4 is 30.3 Å². The number of carbonyl (C=O) groups excluding carboxylic acids is 2. The quantitative estimate of drug-likeness (QED) is 0.457. The highest BCUT2D eigenvalue weighted by molar-refractivity contribution is 7.15. The van der Waals surface area contributed by atoms with Crippen molar-refractivity contribution in [1.29, 1.82) is 0 Å². The lowest BCUT2D eigenvalue weighted by Gasteiger charge is -2.27. The third kappa shape index (κ3) is 6.00. The monoisotopic (exact) mass is 511 g/mol. The predicted octanol–water partition coefficient (Wildman–Crippen LogP) is 3.69. The van der Waals surface area contributed by atoms with Crippen LogP contribution in [0.5, 0.6) is 11.9 Å². The van der Waals surface area contributed by atoms with E-state index in [0.717, 1.165) is 10.6 Å². The molecule has 3 amide bonds. The van der Waals surface area contributed by atoms with Crippen molar-refractivity contribution < 1.29 is 19.1 Å². The molecule has 3 N–H and O–H groups in total. The highest BCUT2D eigenvalue weighted by Gasteiger charge is 2.24. The average Bonchev–Trinajstić information content (AvgIpc) is 3.24. The summed E-state index contributed by atoms with van der Waals surface area (Å²) in [5.41, 5.74) is 1.33. The fourth-order valence-electron chi connectivity index (χ4n) is 3.64. The highest BCUT2D eigenvalue weighted by atomic mass is 32.1. The number of carbonyl (C=O) groups is 2. The maximum absolute atomic E-state index is 12.7. The number of benzene rings is 1. The molecule has 3 aromatic rings. The van der Waals surface area contributed by atoms with Crippen molar-refractivity contribution in [3.63, 3.8) is 0 Å². The Bertz CT molecular complexity index is 1250. The minimum absolute atomic E-state index is 0.231. The molecule has 12 heteroatoms. The molecule has 2 aromatic heterocycles. The van der Waals surface area contributed by atoms with Crippen molar-refractivity contribution in [3.05, 3.63) is 46.5 Å². The van der Waals surface area contributed by atoms with Gasteiger partial charge in [-0.15, -0.1) is 0 Å². The molecule has 0 fully saturated rings. The van der Waals surface area contributed by atoms with Crippen LogP contribution in [0, 0.1) is 0 Å². The van der Waals surface area contributed by atoms with E-state index in [0.29, 0.717) is 47.6 Å². The van der Waals surface area contributed by atoms with E-state index >= 15 is 0 Å². The molecule has 0 radical (unpaired) electrons. The van der Waals surface area contributed by atoms with Crippen LogP contribution in [0.3, 0.4) is 0 Å². The number of amides is 3. The summed E-state index contributed by atoms with van der Waals surface area (Å²) in [6, 6.07) is 8.39. The van der Waals surface area contributed by atoms with E-state index in [1.165, 1.54) is 18.4 Å². The molecule has 0 bridgehead atoms. The largest absolute Gasteiger partial charge is 0.481 e. The van der Waals surface area contributed by atoms with Gasteiger partial charge in [0.25, 0.3) is 5.91 Å². The number of urea groups is 1. The van der Waals surface area contributed by atoms with Gasteiger partial charge in [-0.3, -0.25) is 10.1 Å². The second kappa shape index (κ2) is 10.4. The summed E-state index contributed by atoms with van der Waals surface area (Å²) in [5.74, 6) is 0.846. The Hall–Kier alpha value is -3.93. The predicted molar refractivity (Wildman–Crippen MR) is 138 cm³/mol. The number of thiazole rings is 1. The number of nitrogens with zero attached hydrogens (tertiary/aromatic N) is 4. The molecule has 36 heavy (non-hydrogen) atoms. The molecular weight excluding hydrogens is 482 g/mol. The number of nitrogens with one attached hydrogen (secondary N) is 3. The summed E-state index contributed by atoms with van der Waals surface area (Å²) in [4.78, 5) is 41.7. The lowest BCUT2D eigenvalue weighted by molar-refractivity contribution is 0.0920. The van der Waals surface area contributed by atoms with E-state index in [1.54, 1.807) is 37.4 Å². The Morgan fingerprint density at radius 2 is 1.83 bits per heavy atom. The molecule has 0 atom stereocenters. The van der Waals surface area contributed by atoms with Gasteiger partial charge in [0, 0.05) is 29.4 Å². The molecule has 0 spiro atoms. The third-order valence-electron chi connectivity index (χ3n) is 5.24. The van der Waals surface area contributed by atoms with E-state index in [2.05, 4.69) is 35.8 Å². The molecule has 11 nitrogen and oxygen atoms in total. The normalized spacial score (nSPS) is 13.0. The number of anilines is 3. The zero-order valence-corrected chi connectivity index (χ0v) is 21.7. The van der Waals surface area contributed by atoms with Gasteiger partial charge in [-0.2, -0.15) is 9.97 Å². The first-order valence-electron chi connectivity index (χ1n) is 11.4. The number of hydrogen-bond acceptors (Lipinski definition) is 9. The van der Waals surface area contributed by atoms with Gasteiger partial charge >= 0.3 is 12.0 Å². The van der Waals surface area contributed by atoms with Gasteiger partial charge in [-0.05, 0) is 32.9 Å². The van der Waals surface area contributed by atoms with Crippen molar-refractivity contribution in [2.75, 3.05) is 36.3 Å². The summed E-state index contributed by atoms with van der Waals surface area (Å²) in [7, 11) is 3.05. The Morgan fingerprint density at radius 3 is 2.56 bits per heavy atom. The van der Waals surface area contributed by atoms with E-state index in [1.807, 2.05) is 20.8 Å². The first-order chi connectivity index (χ1) is 17.1. The summed E-state index contributed by atoms with van der Waals surface area (Å²) >= 11 is 1.40. The van der Waals surface area contributed by atoms with Crippen molar-refractivity contribution in [1.82, 2.24) is 20.3 Å². The van der Waals surface area contributed by atoms with Crippen LogP contribution in [0.1, 0.15) is 41.7 Å². The first kappa shape index (κ1) is 25.2. The second-order valence-corrected chi connectivity index (χ2v) is 10.2.